The van der Waals surface area contributed by atoms with E-state index in [9.17, 15) is 0 Å². The van der Waals surface area contributed by atoms with Gasteiger partial charge in [-0.05, 0) is 31.5 Å². The zero-order chi connectivity index (χ0) is 19.3. The topological polar surface area (TPSA) is 90.8 Å². The molecular weight excluding hydrogens is 356 g/mol. The van der Waals surface area contributed by atoms with Crippen molar-refractivity contribution in [2.24, 2.45) is 5.41 Å². The van der Waals surface area contributed by atoms with E-state index in [4.69, 9.17) is 25.3 Å². The lowest BCUT2D eigenvalue weighted by Gasteiger charge is -2.43. The van der Waals surface area contributed by atoms with Gasteiger partial charge < -0.3 is 20.1 Å². The number of hydrogen-bond donors (Lipinski definition) is 1. The van der Waals surface area contributed by atoms with Crippen LogP contribution >= 0.6 is 0 Å². The number of benzene rings is 1. The Morgan fingerprint density at radius 1 is 1.32 bits per heavy atom. The number of nitrogens with zero attached hydrogens (tertiary/aromatic N) is 5. The highest BCUT2D eigenvalue weighted by molar-refractivity contribution is 5.95. The summed E-state index contributed by atoms with van der Waals surface area (Å²) in [6.45, 7) is 7.19. The first-order valence-electron chi connectivity index (χ1n) is 9.85. The second kappa shape index (κ2) is 6.56. The maximum absolute atomic E-state index is 6.19. The Balaban J connectivity index is 1.49. The SMILES string of the molecule is COc1cccc2c1nc(N)n1nc([C@@H]3CCCN(CC4(C)COC4)C3)nc21. The maximum atomic E-state index is 6.19. The highest BCUT2D eigenvalue weighted by Gasteiger charge is 2.37. The molecule has 0 saturated carbocycles. The van der Waals surface area contributed by atoms with Crippen molar-refractivity contribution in [1.82, 2.24) is 24.5 Å². The van der Waals surface area contributed by atoms with Crippen molar-refractivity contribution in [3.05, 3.63) is 24.0 Å². The predicted octanol–water partition coefficient (Wildman–Crippen LogP) is 2.08. The minimum absolute atomic E-state index is 0.287. The molecule has 0 aliphatic carbocycles. The molecule has 0 radical (unpaired) electrons. The van der Waals surface area contributed by atoms with E-state index in [1.54, 1.807) is 11.6 Å². The van der Waals surface area contributed by atoms with Crippen molar-refractivity contribution < 1.29 is 9.47 Å². The molecule has 2 aliphatic heterocycles. The van der Waals surface area contributed by atoms with Crippen molar-refractivity contribution in [3.63, 3.8) is 0 Å². The summed E-state index contributed by atoms with van der Waals surface area (Å²) in [5.74, 6) is 2.18. The molecule has 2 aliphatic rings. The standard InChI is InChI=1S/C20H26N6O2/c1-20(11-28-12-20)10-25-8-4-5-13(9-25)17-23-18-14-6-3-7-15(27-2)16(14)22-19(21)26(18)24-17/h3,6-7,13H,4-5,8-12H2,1-2H3,(H2,21,22)/t13-/m1/s1. The van der Waals surface area contributed by atoms with Gasteiger partial charge in [-0.25, -0.2) is 9.97 Å². The molecule has 3 aromatic rings. The molecule has 8 heteroatoms. The summed E-state index contributed by atoms with van der Waals surface area (Å²) in [6.07, 6.45) is 2.24. The highest BCUT2D eigenvalue weighted by Crippen LogP contribution is 2.33. The number of fused-ring (bicyclic) bond motifs is 3. The van der Waals surface area contributed by atoms with Crippen LogP contribution in [0.15, 0.2) is 18.2 Å². The highest BCUT2D eigenvalue weighted by atomic mass is 16.5. The summed E-state index contributed by atoms with van der Waals surface area (Å²) < 4.78 is 12.5. The largest absolute Gasteiger partial charge is 0.494 e. The fourth-order valence-electron chi connectivity index (χ4n) is 4.47. The van der Waals surface area contributed by atoms with E-state index in [2.05, 4.69) is 16.8 Å². The normalized spacial score (nSPS) is 22.4. The number of ether oxygens (including phenoxy) is 2. The predicted molar refractivity (Wildman–Crippen MR) is 107 cm³/mol. The van der Waals surface area contributed by atoms with E-state index in [1.165, 1.54) is 0 Å². The van der Waals surface area contributed by atoms with Crippen LogP contribution in [0.5, 0.6) is 5.75 Å². The number of likely N-dealkylation sites (tertiary alicyclic amines) is 1. The Morgan fingerprint density at radius 3 is 2.93 bits per heavy atom. The third-order valence-electron chi connectivity index (χ3n) is 5.90. The van der Waals surface area contributed by atoms with Gasteiger partial charge in [0.05, 0.1) is 20.3 Å². The molecule has 2 N–H and O–H groups in total. The Kier molecular flexibility index (Phi) is 4.13. The summed E-state index contributed by atoms with van der Waals surface area (Å²) in [5.41, 5.74) is 7.94. The van der Waals surface area contributed by atoms with Crippen LogP contribution in [0.1, 0.15) is 31.5 Å². The molecule has 148 valence electrons. The van der Waals surface area contributed by atoms with E-state index in [-0.39, 0.29) is 5.41 Å². The first kappa shape index (κ1) is 17.6. The van der Waals surface area contributed by atoms with Gasteiger partial charge in [0.15, 0.2) is 11.5 Å². The van der Waals surface area contributed by atoms with Gasteiger partial charge in [-0.15, -0.1) is 5.10 Å². The minimum Gasteiger partial charge on any atom is -0.494 e. The molecule has 28 heavy (non-hydrogen) atoms. The van der Waals surface area contributed by atoms with Crippen LogP contribution in [0.25, 0.3) is 16.6 Å². The fraction of sp³-hybridized carbons (Fsp3) is 0.550. The Labute approximate surface area is 163 Å². The van der Waals surface area contributed by atoms with Gasteiger partial charge in [-0.2, -0.15) is 4.52 Å². The van der Waals surface area contributed by atoms with E-state index in [0.717, 1.165) is 68.1 Å². The average Bonchev–Trinajstić information content (AvgIpc) is 3.13. The first-order valence-corrected chi connectivity index (χ1v) is 9.85. The Morgan fingerprint density at radius 2 is 2.18 bits per heavy atom. The number of nitrogens with two attached hydrogens (primary N) is 1. The van der Waals surface area contributed by atoms with Crippen LogP contribution in [0.3, 0.4) is 0 Å². The monoisotopic (exact) mass is 382 g/mol. The van der Waals surface area contributed by atoms with Crippen LogP contribution in [-0.4, -0.2) is 64.4 Å². The van der Waals surface area contributed by atoms with E-state index in [0.29, 0.717) is 17.6 Å². The molecule has 0 unspecified atom stereocenters. The number of para-hydroxylation sites is 1. The fourth-order valence-corrected chi connectivity index (χ4v) is 4.47. The van der Waals surface area contributed by atoms with Crippen molar-refractivity contribution in [3.8, 4) is 5.75 Å². The van der Waals surface area contributed by atoms with Gasteiger partial charge in [-0.3, -0.25) is 0 Å². The minimum atomic E-state index is 0.287. The number of aromatic nitrogens is 4. The molecule has 0 bridgehead atoms. The van der Waals surface area contributed by atoms with Gasteiger partial charge >= 0.3 is 0 Å². The van der Waals surface area contributed by atoms with Crippen molar-refractivity contribution in [2.45, 2.75) is 25.7 Å². The van der Waals surface area contributed by atoms with Crippen LogP contribution < -0.4 is 10.5 Å². The molecule has 0 amide bonds. The molecule has 1 aromatic carbocycles. The summed E-state index contributed by atoms with van der Waals surface area (Å²) in [5, 5.41) is 5.63. The van der Waals surface area contributed by atoms with Crippen molar-refractivity contribution >= 4 is 22.5 Å². The number of nitrogen functional groups attached to an aromatic ring is 1. The number of anilines is 1. The second-order valence-corrected chi connectivity index (χ2v) is 8.41. The Hall–Kier alpha value is -2.45. The molecule has 8 nitrogen and oxygen atoms in total. The van der Waals surface area contributed by atoms with Gasteiger partial charge in [0.1, 0.15) is 11.3 Å². The molecule has 1 atom stereocenters. The second-order valence-electron chi connectivity index (χ2n) is 8.41. The maximum Gasteiger partial charge on any atom is 0.223 e. The van der Waals surface area contributed by atoms with Gasteiger partial charge in [-0.1, -0.05) is 13.0 Å². The lowest BCUT2D eigenvalue weighted by molar-refractivity contribution is -0.117. The Bertz CT molecular complexity index is 1030. The van der Waals surface area contributed by atoms with Crippen LogP contribution in [0, 0.1) is 5.41 Å². The molecule has 2 saturated heterocycles. The molecule has 0 spiro atoms. The summed E-state index contributed by atoms with van der Waals surface area (Å²) in [4.78, 5) is 11.9. The molecule has 2 fully saturated rings. The molecule has 5 rings (SSSR count). The van der Waals surface area contributed by atoms with E-state index >= 15 is 0 Å². The number of piperidine rings is 1. The van der Waals surface area contributed by atoms with Crippen molar-refractivity contribution in [2.75, 3.05) is 45.7 Å². The lowest BCUT2D eigenvalue weighted by Crippen LogP contribution is -2.50. The van der Waals surface area contributed by atoms with E-state index < -0.39 is 0 Å². The number of rotatable bonds is 4. The third-order valence-corrected chi connectivity index (χ3v) is 5.90. The zero-order valence-corrected chi connectivity index (χ0v) is 16.4. The van der Waals surface area contributed by atoms with E-state index in [1.807, 2.05) is 18.2 Å². The average molecular weight is 382 g/mol. The summed E-state index contributed by atoms with van der Waals surface area (Å²) in [6, 6.07) is 5.81. The van der Waals surface area contributed by atoms with Gasteiger partial charge in [0.2, 0.25) is 5.95 Å². The van der Waals surface area contributed by atoms with Gasteiger partial charge in [0.25, 0.3) is 0 Å². The summed E-state index contributed by atoms with van der Waals surface area (Å²) >= 11 is 0. The van der Waals surface area contributed by atoms with Crippen LogP contribution in [0.2, 0.25) is 0 Å². The van der Waals surface area contributed by atoms with Crippen molar-refractivity contribution in [1.29, 1.82) is 0 Å². The molecule has 4 heterocycles. The quantitative estimate of drug-likeness (QED) is 0.739. The number of hydrogen-bond acceptors (Lipinski definition) is 7. The first-order chi connectivity index (χ1) is 13.6. The lowest BCUT2D eigenvalue weighted by atomic mass is 9.86. The van der Waals surface area contributed by atoms with Crippen LogP contribution in [-0.2, 0) is 4.74 Å². The third kappa shape index (κ3) is 2.87. The summed E-state index contributed by atoms with van der Waals surface area (Å²) in [7, 11) is 1.64. The molecule has 2 aromatic heterocycles. The smallest absolute Gasteiger partial charge is 0.223 e. The zero-order valence-electron chi connectivity index (χ0n) is 16.4. The van der Waals surface area contributed by atoms with Crippen LogP contribution in [0.4, 0.5) is 5.95 Å². The molecular formula is C20H26N6O2. The number of methoxy groups -OCH3 is 1. The van der Waals surface area contributed by atoms with Gasteiger partial charge in [0, 0.05) is 29.8 Å².